The highest BCUT2D eigenvalue weighted by Crippen LogP contribution is 2.41. The number of carbonyl (C=O) groups is 3. The molecule has 4 aromatic rings. The first-order chi connectivity index (χ1) is 26.2. The van der Waals surface area contributed by atoms with Crippen LogP contribution in [0.15, 0.2) is 103 Å². The molecule has 1 unspecified atom stereocenters. The Morgan fingerprint density at radius 2 is 1.71 bits per heavy atom. The van der Waals surface area contributed by atoms with Gasteiger partial charge in [-0.2, -0.15) is 0 Å². The number of nitrogens with one attached hydrogen (secondary N) is 1. The van der Waals surface area contributed by atoms with Gasteiger partial charge in [-0.25, -0.2) is 10.6 Å². The van der Waals surface area contributed by atoms with Gasteiger partial charge in [-0.05, 0) is 84.1 Å². The van der Waals surface area contributed by atoms with E-state index < -0.39 is 36.0 Å². The van der Waals surface area contributed by atoms with Crippen molar-refractivity contribution in [3.05, 3.63) is 146 Å². The molecule has 6 rings (SSSR count). The van der Waals surface area contributed by atoms with Crippen molar-refractivity contribution in [1.82, 2.24) is 15.2 Å². The van der Waals surface area contributed by atoms with Gasteiger partial charge < -0.3 is 34.5 Å². The van der Waals surface area contributed by atoms with Crippen LogP contribution < -0.4 is 25.4 Å². The SMILES string of the molecule is C=C(C)/C=C(/C(=O)N1Cc2cc3c(cc2C[C@H]1C(=O)N[C@@H](Cc1ccc(C)cc1)C(=O)O)OCC(c1ccc(OCc2ccc(Cl)c(Cl)c2)cc1)O3)N(C)N. The number of carboxylic acid groups (broad SMARTS) is 1. The van der Waals surface area contributed by atoms with Gasteiger partial charge in [0.25, 0.3) is 5.91 Å². The second-order valence-corrected chi connectivity index (χ2v) is 14.6. The van der Waals surface area contributed by atoms with Gasteiger partial charge in [-0.15, -0.1) is 0 Å². The predicted molar refractivity (Wildman–Crippen MR) is 210 cm³/mol. The number of carboxylic acids is 1. The second kappa shape index (κ2) is 16.9. The van der Waals surface area contributed by atoms with Crippen molar-refractivity contribution in [3.8, 4) is 17.2 Å². The molecule has 2 amide bonds. The maximum atomic E-state index is 14.2. The number of hydrazine groups is 1. The van der Waals surface area contributed by atoms with Crippen molar-refractivity contribution in [2.24, 2.45) is 5.84 Å². The maximum absolute atomic E-state index is 14.2. The van der Waals surface area contributed by atoms with Gasteiger partial charge in [0, 0.05) is 26.4 Å². The fourth-order valence-corrected chi connectivity index (χ4v) is 6.78. The molecule has 55 heavy (non-hydrogen) atoms. The summed E-state index contributed by atoms with van der Waals surface area (Å²) in [5.74, 6) is 5.44. The molecule has 4 N–H and O–H groups in total. The number of benzene rings is 4. The van der Waals surface area contributed by atoms with Crippen molar-refractivity contribution in [1.29, 1.82) is 0 Å². The van der Waals surface area contributed by atoms with Crippen molar-refractivity contribution in [2.45, 2.75) is 58.0 Å². The van der Waals surface area contributed by atoms with Gasteiger partial charge in [0.2, 0.25) is 5.91 Å². The summed E-state index contributed by atoms with van der Waals surface area (Å²) in [6, 6.07) is 21.7. The normalized spacial score (nSPS) is 16.8. The average molecular weight is 786 g/mol. The lowest BCUT2D eigenvalue weighted by atomic mass is 9.91. The number of likely N-dealkylation sites (N-methyl/N-ethyl adjacent to an activating group) is 1. The number of nitrogens with zero attached hydrogens (tertiary/aromatic N) is 2. The van der Waals surface area contributed by atoms with Gasteiger partial charge in [-0.3, -0.25) is 9.59 Å². The van der Waals surface area contributed by atoms with Crippen LogP contribution in [0, 0.1) is 6.92 Å². The number of aryl methyl sites for hydroxylation is 1. The molecule has 0 saturated carbocycles. The predicted octanol–water partition coefficient (Wildman–Crippen LogP) is 6.72. The molecule has 2 aliphatic rings. The average Bonchev–Trinajstić information content (AvgIpc) is 3.16. The summed E-state index contributed by atoms with van der Waals surface area (Å²) in [6.07, 6.45) is 1.29. The zero-order chi connectivity index (χ0) is 39.4. The third-order valence-corrected chi connectivity index (χ3v) is 10.2. The number of carbonyl (C=O) groups excluding carboxylic acids is 2. The second-order valence-electron chi connectivity index (χ2n) is 13.8. The van der Waals surface area contributed by atoms with E-state index in [9.17, 15) is 19.5 Å². The van der Waals surface area contributed by atoms with E-state index in [1.807, 2.05) is 73.7 Å². The molecule has 2 heterocycles. The summed E-state index contributed by atoms with van der Waals surface area (Å²) in [4.78, 5) is 42.0. The third kappa shape index (κ3) is 9.43. The van der Waals surface area contributed by atoms with Gasteiger partial charge >= 0.3 is 5.97 Å². The Morgan fingerprint density at radius 1 is 1.02 bits per heavy atom. The molecule has 2 aliphatic heterocycles. The minimum atomic E-state index is -1.23. The molecule has 0 bridgehead atoms. The van der Waals surface area contributed by atoms with Crippen molar-refractivity contribution in [2.75, 3.05) is 13.7 Å². The Morgan fingerprint density at radius 3 is 2.36 bits per heavy atom. The molecule has 0 fully saturated rings. The molecule has 0 saturated heterocycles. The van der Waals surface area contributed by atoms with E-state index in [4.69, 9.17) is 43.3 Å². The first-order valence-electron chi connectivity index (χ1n) is 17.6. The Balaban J connectivity index is 1.22. The number of rotatable bonds is 12. The van der Waals surface area contributed by atoms with E-state index in [1.165, 1.54) is 17.0 Å². The Labute approximate surface area is 329 Å². The highest BCUT2D eigenvalue weighted by molar-refractivity contribution is 6.42. The number of fused-ring (bicyclic) bond motifs is 2. The zero-order valence-electron chi connectivity index (χ0n) is 30.7. The van der Waals surface area contributed by atoms with Crippen LogP contribution in [0.3, 0.4) is 0 Å². The molecule has 0 spiro atoms. The Hall–Kier alpha value is -5.49. The van der Waals surface area contributed by atoms with Gasteiger partial charge in [-0.1, -0.05) is 83.4 Å². The van der Waals surface area contributed by atoms with E-state index in [-0.39, 0.29) is 31.7 Å². The Kier molecular flexibility index (Phi) is 12.0. The minimum absolute atomic E-state index is 0.0233. The van der Waals surface area contributed by atoms with Gasteiger partial charge in [0.15, 0.2) is 17.6 Å². The smallest absolute Gasteiger partial charge is 0.326 e. The summed E-state index contributed by atoms with van der Waals surface area (Å²) in [5, 5.41) is 14.9. The van der Waals surface area contributed by atoms with Crippen LogP contribution in [0.5, 0.6) is 17.2 Å². The fourth-order valence-electron chi connectivity index (χ4n) is 6.46. The summed E-state index contributed by atoms with van der Waals surface area (Å²) >= 11 is 12.2. The highest BCUT2D eigenvalue weighted by Gasteiger charge is 2.39. The minimum Gasteiger partial charge on any atom is -0.489 e. The number of hydrogen-bond donors (Lipinski definition) is 3. The molecule has 0 radical (unpaired) electrons. The summed E-state index contributed by atoms with van der Waals surface area (Å²) in [7, 11) is 1.53. The Bertz CT molecular complexity index is 2140. The monoisotopic (exact) mass is 784 g/mol. The molecule has 11 nitrogen and oxygen atoms in total. The molecule has 0 aromatic heterocycles. The lowest BCUT2D eigenvalue weighted by molar-refractivity contribution is -0.144. The number of allylic oxidation sites excluding steroid dienone is 2. The van der Waals surface area contributed by atoms with Crippen LogP contribution >= 0.6 is 23.2 Å². The molecular weight excluding hydrogens is 743 g/mol. The highest BCUT2D eigenvalue weighted by atomic mass is 35.5. The molecule has 286 valence electrons. The molecule has 13 heteroatoms. The van der Waals surface area contributed by atoms with Crippen LogP contribution in [0.2, 0.25) is 10.0 Å². The van der Waals surface area contributed by atoms with E-state index in [2.05, 4.69) is 11.9 Å². The topological polar surface area (TPSA) is 144 Å². The van der Waals surface area contributed by atoms with Gasteiger partial charge in [0.05, 0.1) is 10.0 Å². The maximum Gasteiger partial charge on any atom is 0.326 e. The number of amides is 2. The van der Waals surface area contributed by atoms with Crippen LogP contribution in [-0.4, -0.2) is 58.5 Å². The number of hydrogen-bond acceptors (Lipinski definition) is 8. The third-order valence-electron chi connectivity index (χ3n) is 9.42. The van der Waals surface area contributed by atoms with E-state index in [0.717, 1.165) is 33.4 Å². The lowest BCUT2D eigenvalue weighted by Gasteiger charge is -2.38. The van der Waals surface area contributed by atoms with Crippen molar-refractivity contribution < 1.29 is 33.7 Å². The van der Waals surface area contributed by atoms with Crippen LogP contribution in [0.25, 0.3) is 0 Å². The van der Waals surface area contributed by atoms with Crippen LogP contribution in [0.4, 0.5) is 0 Å². The number of nitrogens with two attached hydrogens (primary N) is 1. The quantitative estimate of drug-likeness (QED) is 0.0617. The van der Waals surface area contributed by atoms with E-state index in [0.29, 0.717) is 39.5 Å². The van der Waals surface area contributed by atoms with Crippen LogP contribution in [0.1, 0.15) is 46.4 Å². The van der Waals surface area contributed by atoms with Gasteiger partial charge in [0.1, 0.15) is 36.7 Å². The van der Waals surface area contributed by atoms with Crippen LogP contribution in [-0.2, 0) is 40.4 Å². The van der Waals surface area contributed by atoms with E-state index in [1.54, 1.807) is 25.1 Å². The number of halogens is 2. The zero-order valence-corrected chi connectivity index (χ0v) is 32.2. The number of aliphatic carboxylic acids is 1. The molecule has 4 aromatic carbocycles. The summed E-state index contributed by atoms with van der Waals surface area (Å²) in [6.45, 7) is 8.14. The van der Waals surface area contributed by atoms with Crippen molar-refractivity contribution in [3.63, 3.8) is 0 Å². The first-order valence-corrected chi connectivity index (χ1v) is 18.4. The van der Waals surface area contributed by atoms with Crippen molar-refractivity contribution >= 4 is 41.0 Å². The molecular formula is C42H42Cl2N4O7. The largest absolute Gasteiger partial charge is 0.489 e. The summed E-state index contributed by atoms with van der Waals surface area (Å²) in [5.41, 5.74) is 5.75. The molecule has 0 aliphatic carbocycles. The lowest BCUT2D eigenvalue weighted by Crippen LogP contribution is -2.57. The van der Waals surface area contributed by atoms with E-state index >= 15 is 0 Å². The first kappa shape index (κ1) is 39.2. The fraction of sp³-hybridized carbons (Fsp3) is 0.262. The summed E-state index contributed by atoms with van der Waals surface area (Å²) < 4.78 is 18.6. The molecule has 3 atom stereocenters. The number of ether oxygens (including phenoxy) is 3. The standard InChI is InChI=1S/C42H42Cl2N4O7/c1-24(2)15-36(47(4)45)41(50)48-21-30-20-38-37(19-29(30)18-35(48)40(49)46-34(42(51)52)17-26-7-5-25(3)6-8-26)54-23-39(55-38)28-10-12-31(13-11-28)53-22-27-9-14-32(43)33(44)16-27/h5-16,19-20,34-35,39H,1,17-18,21-23,45H2,2-4H3,(H,46,49)(H,51,52)/b36-15-/t34-,35-,39?/m0/s1.